The molecular formula is C13H27N3O. The normalized spacial score (nSPS) is 18.3. The Morgan fingerprint density at radius 3 is 2.53 bits per heavy atom. The summed E-state index contributed by atoms with van der Waals surface area (Å²) in [5, 5.41) is 3.20. The number of amides is 1. The largest absolute Gasteiger partial charge is 0.343 e. The topological polar surface area (TPSA) is 35.6 Å². The molecule has 0 aromatic rings. The molecule has 1 aliphatic heterocycles. The Morgan fingerprint density at radius 1 is 1.35 bits per heavy atom. The molecular weight excluding hydrogens is 214 g/mol. The van der Waals surface area contributed by atoms with Gasteiger partial charge in [0.05, 0.1) is 0 Å². The van der Waals surface area contributed by atoms with Crippen LogP contribution in [0.5, 0.6) is 0 Å². The Labute approximate surface area is 105 Å². The van der Waals surface area contributed by atoms with Gasteiger partial charge in [-0.1, -0.05) is 13.8 Å². The van der Waals surface area contributed by atoms with Crippen molar-refractivity contribution < 1.29 is 4.79 Å². The van der Waals surface area contributed by atoms with E-state index in [2.05, 4.69) is 24.1 Å². The minimum absolute atomic E-state index is 0.279. The molecule has 1 fully saturated rings. The fourth-order valence-electron chi connectivity index (χ4n) is 2.37. The summed E-state index contributed by atoms with van der Waals surface area (Å²) >= 11 is 0. The van der Waals surface area contributed by atoms with E-state index in [0.29, 0.717) is 12.5 Å². The Bertz CT molecular complexity index is 225. The van der Waals surface area contributed by atoms with Gasteiger partial charge in [0.25, 0.3) is 0 Å². The Morgan fingerprint density at radius 2 is 2.00 bits per heavy atom. The first kappa shape index (κ1) is 14.5. The zero-order chi connectivity index (χ0) is 12.7. The first-order chi connectivity index (χ1) is 8.19. The van der Waals surface area contributed by atoms with E-state index in [4.69, 9.17) is 0 Å². The van der Waals surface area contributed by atoms with Crippen molar-refractivity contribution in [2.45, 2.75) is 39.2 Å². The van der Waals surface area contributed by atoms with Crippen LogP contribution in [0.15, 0.2) is 0 Å². The van der Waals surface area contributed by atoms with Gasteiger partial charge in [0.2, 0.25) is 5.91 Å². The third kappa shape index (κ3) is 4.64. The van der Waals surface area contributed by atoms with Gasteiger partial charge in [-0.05, 0) is 25.9 Å². The van der Waals surface area contributed by atoms with Crippen LogP contribution in [0.2, 0.25) is 0 Å². The zero-order valence-corrected chi connectivity index (χ0v) is 11.5. The number of nitrogens with zero attached hydrogens (tertiary/aromatic N) is 2. The van der Waals surface area contributed by atoms with Crippen molar-refractivity contribution in [2.24, 2.45) is 0 Å². The molecule has 4 heteroatoms. The van der Waals surface area contributed by atoms with Crippen molar-refractivity contribution in [1.82, 2.24) is 15.1 Å². The number of carbonyl (C=O) groups is 1. The van der Waals surface area contributed by atoms with Gasteiger partial charge in [0.15, 0.2) is 0 Å². The maximum atomic E-state index is 11.9. The maximum Gasteiger partial charge on any atom is 0.223 e. The van der Waals surface area contributed by atoms with E-state index in [1.807, 2.05) is 11.9 Å². The van der Waals surface area contributed by atoms with Crippen LogP contribution >= 0.6 is 0 Å². The standard InChI is InChI=1S/C13H27N3O/c1-4-14-9-6-13(17)15(3)12-7-10-16(5-2)11-8-12/h12,14H,4-11H2,1-3H3. The highest BCUT2D eigenvalue weighted by Gasteiger charge is 2.24. The molecule has 17 heavy (non-hydrogen) atoms. The number of rotatable bonds is 6. The van der Waals surface area contributed by atoms with Crippen molar-refractivity contribution >= 4 is 5.91 Å². The molecule has 1 heterocycles. The van der Waals surface area contributed by atoms with Crippen molar-refractivity contribution in [3.63, 3.8) is 0 Å². The number of piperidine rings is 1. The first-order valence-corrected chi connectivity index (χ1v) is 6.87. The van der Waals surface area contributed by atoms with Crippen LogP contribution in [0.4, 0.5) is 0 Å². The molecule has 0 bridgehead atoms. The number of hydrogen-bond donors (Lipinski definition) is 1. The molecule has 1 N–H and O–H groups in total. The van der Waals surface area contributed by atoms with Gasteiger partial charge in [0.1, 0.15) is 0 Å². The predicted octanol–water partition coefficient (Wildman–Crippen LogP) is 0.929. The molecule has 0 aromatic heterocycles. The molecule has 1 aliphatic rings. The van der Waals surface area contributed by atoms with Gasteiger partial charge in [-0.2, -0.15) is 0 Å². The molecule has 100 valence electrons. The highest BCUT2D eigenvalue weighted by atomic mass is 16.2. The molecule has 0 aromatic carbocycles. The smallest absolute Gasteiger partial charge is 0.223 e. The summed E-state index contributed by atoms with van der Waals surface area (Å²) in [7, 11) is 1.96. The monoisotopic (exact) mass is 241 g/mol. The number of likely N-dealkylation sites (tertiary alicyclic amines) is 1. The molecule has 0 spiro atoms. The van der Waals surface area contributed by atoms with Crippen molar-refractivity contribution in [1.29, 1.82) is 0 Å². The van der Waals surface area contributed by atoms with Gasteiger partial charge in [-0.25, -0.2) is 0 Å². The molecule has 0 saturated carbocycles. The minimum atomic E-state index is 0.279. The third-order valence-electron chi connectivity index (χ3n) is 3.71. The summed E-state index contributed by atoms with van der Waals surface area (Å²) in [6.07, 6.45) is 2.87. The van der Waals surface area contributed by atoms with E-state index in [-0.39, 0.29) is 5.91 Å². The summed E-state index contributed by atoms with van der Waals surface area (Å²) < 4.78 is 0. The summed E-state index contributed by atoms with van der Waals surface area (Å²) in [6.45, 7) is 9.39. The van der Waals surface area contributed by atoms with E-state index in [1.54, 1.807) is 0 Å². The number of hydrogen-bond acceptors (Lipinski definition) is 3. The van der Waals surface area contributed by atoms with E-state index in [9.17, 15) is 4.79 Å². The van der Waals surface area contributed by atoms with Crippen molar-refractivity contribution in [2.75, 3.05) is 39.8 Å². The van der Waals surface area contributed by atoms with Crippen LogP contribution in [0, 0.1) is 0 Å². The number of carbonyl (C=O) groups excluding carboxylic acids is 1. The SMILES string of the molecule is CCNCCC(=O)N(C)C1CCN(CC)CC1. The fraction of sp³-hybridized carbons (Fsp3) is 0.923. The second kappa shape index (κ2) is 7.67. The molecule has 1 amide bonds. The quantitative estimate of drug-likeness (QED) is 0.703. The second-order valence-corrected chi connectivity index (χ2v) is 4.77. The lowest BCUT2D eigenvalue weighted by molar-refractivity contribution is -0.132. The predicted molar refractivity (Wildman–Crippen MR) is 71.1 cm³/mol. The van der Waals surface area contributed by atoms with Gasteiger partial charge in [-0.3, -0.25) is 4.79 Å². The lowest BCUT2D eigenvalue weighted by Gasteiger charge is -2.36. The first-order valence-electron chi connectivity index (χ1n) is 6.87. The lowest BCUT2D eigenvalue weighted by Crippen LogP contribution is -2.45. The van der Waals surface area contributed by atoms with E-state index in [1.165, 1.54) is 0 Å². The fourth-order valence-corrected chi connectivity index (χ4v) is 2.37. The minimum Gasteiger partial charge on any atom is -0.343 e. The Balaban J connectivity index is 2.27. The van der Waals surface area contributed by atoms with E-state index >= 15 is 0 Å². The molecule has 0 atom stereocenters. The molecule has 1 rings (SSSR count). The summed E-state index contributed by atoms with van der Waals surface area (Å²) in [4.78, 5) is 16.4. The molecule has 0 unspecified atom stereocenters. The molecule has 0 radical (unpaired) electrons. The Kier molecular flexibility index (Phi) is 6.52. The Hall–Kier alpha value is -0.610. The van der Waals surface area contributed by atoms with Crippen molar-refractivity contribution in [3.8, 4) is 0 Å². The van der Waals surface area contributed by atoms with Crippen LogP contribution in [0.1, 0.15) is 33.1 Å². The average Bonchev–Trinajstić information content (AvgIpc) is 2.38. The van der Waals surface area contributed by atoms with Crippen molar-refractivity contribution in [3.05, 3.63) is 0 Å². The summed E-state index contributed by atoms with van der Waals surface area (Å²) in [5.74, 6) is 0.279. The lowest BCUT2D eigenvalue weighted by atomic mass is 10.0. The van der Waals surface area contributed by atoms with Crippen LogP contribution in [-0.4, -0.2) is 61.5 Å². The number of nitrogens with one attached hydrogen (secondary N) is 1. The second-order valence-electron chi connectivity index (χ2n) is 4.77. The highest BCUT2D eigenvalue weighted by molar-refractivity contribution is 5.76. The van der Waals surface area contributed by atoms with Crippen LogP contribution in [0.25, 0.3) is 0 Å². The van der Waals surface area contributed by atoms with Gasteiger partial charge in [0, 0.05) is 39.1 Å². The van der Waals surface area contributed by atoms with Crippen LogP contribution in [-0.2, 0) is 4.79 Å². The van der Waals surface area contributed by atoms with Gasteiger partial charge >= 0.3 is 0 Å². The van der Waals surface area contributed by atoms with Gasteiger partial charge in [-0.15, -0.1) is 0 Å². The zero-order valence-electron chi connectivity index (χ0n) is 11.5. The highest BCUT2D eigenvalue weighted by Crippen LogP contribution is 2.15. The molecule has 0 aliphatic carbocycles. The maximum absolute atomic E-state index is 11.9. The van der Waals surface area contributed by atoms with Crippen LogP contribution < -0.4 is 5.32 Å². The third-order valence-corrected chi connectivity index (χ3v) is 3.71. The summed E-state index contributed by atoms with van der Waals surface area (Å²) in [6, 6.07) is 0.451. The molecule has 4 nitrogen and oxygen atoms in total. The molecule has 1 saturated heterocycles. The van der Waals surface area contributed by atoms with E-state index in [0.717, 1.165) is 45.6 Å². The van der Waals surface area contributed by atoms with E-state index < -0.39 is 0 Å². The average molecular weight is 241 g/mol. The summed E-state index contributed by atoms with van der Waals surface area (Å²) in [5.41, 5.74) is 0. The van der Waals surface area contributed by atoms with Gasteiger partial charge < -0.3 is 15.1 Å². The van der Waals surface area contributed by atoms with Crippen LogP contribution in [0.3, 0.4) is 0 Å².